The number of nitrogens with zero attached hydrogens (tertiary/aromatic N) is 2. The summed E-state index contributed by atoms with van der Waals surface area (Å²) >= 11 is 0. The number of fused-ring (bicyclic) bond motifs is 9. The van der Waals surface area contributed by atoms with Gasteiger partial charge in [0.25, 0.3) is 0 Å². The number of anilines is 3. The molecule has 71 heavy (non-hydrogen) atoms. The highest BCUT2D eigenvalue weighted by Crippen LogP contribution is 2.45. The van der Waals surface area contributed by atoms with E-state index in [1.807, 2.05) is 12.1 Å². The number of furan rings is 1. The molecule has 0 saturated heterocycles. The number of hydrogen-bond acceptors (Lipinski definition) is 2. The van der Waals surface area contributed by atoms with Gasteiger partial charge in [0.1, 0.15) is 11.2 Å². The van der Waals surface area contributed by atoms with Crippen molar-refractivity contribution in [1.29, 1.82) is 0 Å². The van der Waals surface area contributed by atoms with Crippen LogP contribution in [0.5, 0.6) is 0 Å². The van der Waals surface area contributed by atoms with Crippen molar-refractivity contribution in [1.82, 2.24) is 4.57 Å². The molecule has 0 radical (unpaired) electrons. The van der Waals surface area contributed by atoms with Gasteiger partial charge in [0.2, 0.25) is 0 Å². The average Bonchev–Trinajstić information content (AvgIpc) is 4.00. The maximum atomic E-state index is 6.51. The summed E-state index contributed by atoms with van der Waals surface area (Å²) in [7, 11) is 0. The van der Waals surface area contributed by atoms with Crippen LogP contribution in [0.2, 0.25) is 0 Å². The number of rotatable bonds is 8. The van der Waals surface area contributed by atoms with Crippen LogP contribution in [0.3, 0.4) is 0 Å². The summed E-state index contributed by atoms with van der Waals surface area (Å²) in [4.78, 5) is 2.40. The molecule has 2 heterocycles. The molecule has 14 aromatic rings. The van der Waals surface area contributed by atoms with Gasteiger partial charge < -0.3 is 13.9 Å². The molecule has 12 aromatic carbocycles. The van der Waals surface area contributed by atoms with Crippen LogP contribution in [-0.4, -0.2) is 4.57 Å². The summed E-state index contributed by atoms with van der Waals surface area (Å²) in [6.45, 7) is 0. The second kappa shape index (κ2) is 16.7. The van der Waals surface area contributed by atoms with Crippen molar-refractivity contribution in [2.75, 3.05) is 4.90 Å². The van der Waals surface area contributed by atoms with Gasteiger partial charge in [0, 0.05) is 49.6 Å². The molecule has 0 amide bonds. The minimum absolute atomic E-state index is 0.897. The Morgan fingerprint density at radius 3 is 1.54 bits per heavy atom. The Kier molecular flexibility index (Phi) is 9.53. The molecule has 0 aliphatic rings. The van der Waals surface area contributed by atoms with Crippen molar-refractivity contribution in [2.24, 2.45) is 0 Å². The minimum atomic E-state index is 0.897. The van der Waals surface area contributed by atoms with Crippen molar-refractivity contribution in [3.8, 4) is 50.2 Å². The van der Waals surface area contributed by atoms with E-state index in [9.17, 15) is 0 Å². The second-order valence-corrected chi connectivity index (χ2v) is 18.4. The van der Waals surface area contributed by atoms with E-state index >= 15 is 0 Å². The van der Waals surface area contributed by atoms with Gasteiger partial charge in [0.05, 0.1) is 22.4 Å². The quantitative estimate of drug-likeness (QED) is 0.142. The lowest BCUT2D eigenvalue weighted by molar-refractivity contribution is 0.670. The first-order valence-electron chi connectivity index (χ1n) is 24.3. The van der Waals surface area contributed by atoms with E-state index in [-0.39, 0.29) is 0 Å². The van der Waals surface area contributed by atoms with E-state index in [0.29, 0.717) is 0 Å². The van der Waals surface area contributed by atoms with Gasteiger partial charge in [-0.05, 0) is 116 Å². The van der Waals surface area contributed by atoms with Crippen molar-refractivity contribution in [3.63, 3.8) is 0 Å². The first-order valence-corrected chi connectivity index (χ1v) is 24.3. The number of hydrogen-bond donors (Lipinski definition) is 0. The maximum absolute atomic E-state index is 6.51. The van der Waals surface area contributed by atoms with Crippen molar-refractivity contribution < 1.29 is 4.42 Å². The number of benzene rings is 12. The van der Waals surface area contributed by atoms with Crippen LogP contribution >= 0.6 is 0 Å². The molecule has 0 spiro atoms. The fourth-order valence-electron chi connectivity index (χ4n) is 11.1. The molecular weight excluding hydrogens is 861 g/mol. The van der Waals surface area contributed by atoms with E-state index in [1.54, 1.807) is 0 Å². The largest absolute Gasteiger partial charge is 0.455 e. The van der Waals surface area contributed by atoms with E-state index in [4.69, 9.17) is 4.42 Å². The minimum Gasteiger partial charge on any atom is -0.455 e. The zero-order chi connectivity index (χ0) is 46.8. The predicted molar refractivity (Wildman–Crippen MR) is 299 cm³/mol. The van der Waals surface area contributed by atoms with Gasteiger partial charge in [-0.2, -0.15) is 0 Å². The molecular formula is C68H44N2O. The molecule has 0 unspecified atom stereocenters. The lowest BCUT2D eigenvalue weighted by Gasteiger charge is -2.28. The summed E-state index contributed by atoms with van der Waals surface area (Å²) in [5.41, 5.74) is 17.7. The third-order valence-corrected chi connectivity index (χ3v) is 14.4. The molecule has 3 heteroatoms. The molecule has 0 aliphatic carbocycles. The van der Waals surface area contributed by atoms with Crippen LogP contribution in [0.1, 0.15) is 0 Å². The van der Waals surface area contributed by atoms with Gasteiger partial charge in [-0.3, -0.25) is 0 Å². The molecule has 0 aliphatic heterocycles. The lowest BCUT2D eigenvalue weighted by Crippen LogP contribution is -2.11. The summed E-state index contributed by atoms with van der Waals surface area (Å²) in [6, 6.07) is 96.7. The molecule has 2 aromatic heterocycles. The van der Waals surface area contributed by atoms with Gasteiger partial charge in [-0.25, -0.2) is 0 Å². The molecule has 0 bridgehead atoms. The standard InChI is InChI=1S/C68H44N2O/c1-2-20-52-49(17-1)44-62(57-24-4-3-23-56(52)57)46-37-41-51(42-38-46)69(50-39-35-45(36-40-50)55-28-16-29-61-60-27-9-14-34-67(60)71-68(55)61)63-30-10-5-21-53(63)47-18-15-19-48(43-47)54-22-6-11-31-64(54)70-65-32-12-7-25-58(65)59-26-8-13-33-66(59)70/h1-44H. The summed E-state index contributed by atoms with van der Waals surface area (Å²) in [5, 5.41) is 9.76. The van der Waals surface area contributed by atoms with Crippen LogP contribution in [0.15, 0.2) is 271 Å². The van der Waals surface area contributed by atoms with Crippen molar-refractivity contribution >= 4 is 82.4 Å². The fourth-order valence-corrected chi connectivity index (χ4v) is 11.1. The Balaban J connectivity index is 0.911. The van der Waals surface area contributed by atoms with E-state index in [2.05, 4.69) is 264 Å². The third-order valence-electron chi connectivity index (χ3n) is 14.4. The zero-order valence-electron chi connectivity index (χ0n) is 38.7. The van der Waals surface area contributed by atoms with E-state index in [1.165, 1.54) is 60.0 Å². The smallest absolute Gasteiger partial charge is 0.143 e. The Hall–Kier alpha value is -9.44. The fraction of sp³-hybridized carbons (Fsp3) is 0. The normalized spacial score (nSPS) is 11.7. The maximum Gasteiger partial charge on any atom is 0.143 e. The van der Waals surface area contributed by atoms with Crippen molar-refractivity contribution in [2.45, 2.75) is 0 Å². The van der Waals surface area contributed by atoms with Crippen LogP contribution in [0.4, 0.5) is 17.1 Å². The Morgan fingerprint density at radius 1 is 0.296 bits per heavy atom. The predicted octanol–water partition coefficient (Wildman–Crippen LogP) is 19.1. The average molecular weight is 905 g/mol. The monoisotopic (exact) mass is 904 g/mol. The Labute approximate surface area is 411 Å². The zero-order valence-corrected chi connectivity index (χ0v) is 38.7. The Bertz CT molecular complexity index is 4290. The molecule has 14 rings (SSSR count). The molecule has 0 saturated carbocycles. The SMILES string of the molecule is c1cc(-c2ccccc2N(c2ccc(-c3cc4ccccc4c4ccccc34)cc2)c2ccc(-c3cccc4c3oc3ccccc34)cc2)cc(-c2ccccc2-n2c3ccccc3c3ccccc32)c1. The van der Waals surface area contributed by atoms with Gasteiger partial charge in [-0.15, -0.1) is 0 Å². The Morgan fingerprint density at radius 2 is 0.803 bits per heavy atom. The van der Waals surface area contributed by atoms with Gasteiger partial charge in [-0.1, -0.05) is 200 Å². The second-order valence-electron chi connectivity index (χ2n) is 18.4. The van der Waals surface area contributed by atoms with Gasteiger partial charge >= 0.3 is 0 Å². The summed E-state index contributed by atoms with van der Waals surface area (Å²) in [6.07, 6.45) is 0. The first kappa shape index (κ1) is 40.6. The topological polar surface area (TPSA) is 21.3 Å². The van der Waals surface area contributed by atoms with Crippen LogP contribution in [0, 0.1) is 0 Å². The molecule has 3 nitrogen and oxygen atoms in total. The molecule has 0 N–H and O–H groups in total. The van der Waals surface area contributed by atoms with Gasteiger partial charge in [0.15, 0.2) is 0 Å². The van der Waals surface area contributed by atoms with E-state index < -0.39 is 0 Å². The third kappa shape index (κ3) is 6.74. The van der Waals surface area contributed by atoms with Crippen LogP contribution in [0.25, 0.3) is 115 Å². The van der Waals surface area contributed by atoms with Crippen LogP contribution < -0.4 is 4.90 Å². The summed E-state index contributed by atoms with van der Waals surface area (Å²) in [5.74, 6) is 0. The highest BCUT2D eigenvalue weighted by atomic mass is 16.3. The molecule has 0 fully saturated rings. The molecule has 332 valence electrons. The molecule has 0 atom stereocenters. The highest BCUT2D eigenvalue weighted by molar-refractivity contribution is 6.14. The first-order chi connectivity index (χ1) is 35.2. The van der Waals surface area contributed by atoms with Crippen molar-refractivity contribution in [3.05, 3.63) is 267 Å². The highest BCUT2D eigenvalue weighted by Gasteiger charge is 2.21. The van der Waals surface area contributed by atoms with Crippen LogP contribution in [-0.2, 0) is 0 Å². The van der Waals surface area contributed by atoms with E-state index in [0.717, 1.165) is 72.5 Å². The lowest BCUT2D eigenvalue weighted by atomic mass is 9.93. The summed E-state index contributed by atoms with van der Waals surface area (Å²) < 4.78 is 8.93. The number of aromatic nitrogens is 1. The number of para-hydroxylation sites is 6.